The van der Waals surface area contributed by atoms with Crippen molar-refractivity contribution in [1.82, 2.24) is 9.29 Å². The van der Waals surface area contributed by atoms with Gasteiger partial charge in [0.2, 0.25) is 10.0 Å². The molecule has 5 nitrogen and oxygen atoms in total. The number of rotatable bonds is 5. The molecule has 1 aromatic heterocycles. The molecule has 7 heteroatoms. The van der Waals surface area contributed by atoms with Crippen LogP contribution in [0.3, 0.4) is 0 Å². The van der Waals surface area contributed by atoms with Crippen LogP contribution in [0.2, 0.25) is 5.02 Å². The Hall–Kier alpha value is -1.94. The van der Waals surface area contributed by atoms with E-state index in [0.717, 1.165) is 18.4 Å². The lowest BCUT2D eigenvalue weighted by Gasteiger charge is -2.22. The maximum Gasteiger partial charge on any atom is 0.243 e. The number of sulfonamides is 1. The highest BCUT2D eigenvalue weighted by atomic mass is 35.5. The van der Waals surface area contributed by atoms with Gasteiger partial charge in [-0.15, -0.1) is 0 Å². The molecule has 118 valence electrons. The van der Waals surface area contributed by atoms with Crippen molar-refractivity contribution in [2.45, 2.75) is 30.3 Å². The molecular formula is C16H14ClN3O2S. The Morgan fingerprint density at radius 1 is 1.35 bits per heavy atom. The predicted octanol–water partition coefficient (Wildman–Crippen LogP) is 2.96. The van der Waals surface area contributed by atoms with E-state index in [1.807, 2.05) is 12.1 Å². The van der Waals surface area contributed by atoms with Crippen molar-refractivity contribution >= 4 is 21.6 Å². The number of hydrogen-bond donors (Lipinski definition) is 0. The van der Waals surface area contributed by atoms with E-state index in [9.17, 15) is 8.42 Å². The minimum Gasteiger partial charge on any atom is -0.264 e. The van der Waals surface area contributed by atoms with E-state index < -0.39 is 10.0 Å². The summed E-state index contributed by atoms with van der Waals surface area (Å²) in [7, 11) is -3.67. The fourth-order valence-corrected chi connectivity index (χ4v) is 4.31. The molecule has 2 aromatic rings. The van der Waals surface area contributed by atoms with Gasteiger partial charge in [0.05, 0.1) is 15.5 Å². The number of halogens is 1. The zero-order valence-electron chi connectivity index (χ0n) is 12.2. The third-order valence-corrected chi connectivity index (χ3v) is 5.89. The molecule has 1 aromatic carbocycles. The zero-order chi connectivity index (χ0) is 16.4. The van der Waals surface area contributed by atoms with Gasteiger partial charge in [-0.25, -0.2) is 8.42 Å². The molecule has 23 heavy (non-hydrogen) atoms. The van der Waals surface area contributed by atoms with Crippen LogP contribution in [0.15, 0.2) is 47.6 Å². The highest BCUT2D eigenvalue weighted by Gasteiger charge is 2.38. The van der Waals surface area contributed by atoms with Crippen LogP contribution in [0.25, 0.3) is 0 Å². The second-order valence-corrected chi connectivity index (χ2v) is 7.69. The van der Waals surface area contributed by atoms with Crippen LogP contribution < -0.4 is 0 Å². The first-order chi connectivity index (χ1) is 11.0. The van der Waals surface area contributed by atoms with Gasteiger partial charge in [-0.05, 0) is 42.7 Å². The third-order valence-electron chi connectivity index (χ3n) is 3.68. The summed E-state index contributed by atoms with van der Waals surface area (Å²) < 4.78 is 27.4. The van der Waals surface area contributed by atoms with Crippen LogP contribution in [-0.4, -0.2) is 23.7 Å². The van der Waals surface area contributed by atoms with Gasteiger partial charge in [0.15, 0.2) is 0 Å². The Balaban J connectivity index is 1.95. The SMILES string of the molecule is N#Cc1ccc(S(=O)(=O)N(Cc2cccnc2)C2CC2)cc1Cl. The molecule has 0 radical (unpaired) electrons. The first-order valence-corrected chi connectivity index (χ1v) is 8.94. The molecular weight excluding hydrogens is 334 g/mol. The average Bonchev–Trinajstić information content (AvgIpc) is 3.38. The van der Waals surface area contributed by atoms with Gasteiger partial charge in [-0.1, -0.05) is 17.7 Å². The van der Waals surface area contributed by atoms with Crippen molar-refractivity contribution < 1.29 is 8.42 Å². The predicted molar refractivity (Wildman–Crippen MR) is 86.2 cm³/mol. The summed E-state index contributed by atoms with van der Waals surface area (Å²) in [5.41, 5.74) is 1.10. The molecule has 0 aliphatic heterocycles. The first-order valence-electron chi connectivity index (χ1n) is 7.13. The van der Waals surface area contributed by atoms with Crippen molar-refractivity contribution in [3.05, 3.63) is 58.9 Å². The number of pyridine rings is 1. The van der Waals surface area contributed by atoms with Gasteiger partial charge >= 0.3 is 0 Å². The second-order valence-electron chi connectivity index (χ2n) is 5.40. The largest absolute Gasteiger partial charge is 0.264 e. The van der Waals surface area contributed by atoms with E-state index in [4.69, 9.17) is 16.9 Å². The molecule has 0 saturated heterocycles. The Morgan fingerprint density at radius 2 is 2.13 bits per heavy atom. The molecule has 0 N–H and O–H groups in total. The monoisotopic (exact) mass is 347 g/mol. The maximum absolute atomic E-state index is 12.9. The van der Waals surface area contributed by atoms with Crippen molar-refractivity contribution in [2.75, 3.05) is 0 Å². The minimum absolute atomic E-state index is 0.00891. The lowest BCUT2D eigenvalue weighted by atomic mass is 10.2. The molecule has 0 atom stereocenters. The third kappa shape index (κ3) is 3.37. The van der Waals surface area contributed by atoms with Crippen molar-refractivity contribution in [2.24, 2.45) is 0 Å². The van der Waals surface area contributed by atoms with Crippen molar-refractivity contribution in [3.8, 4) is 6.07 Å². The molecule has 1 heterocycles. The second kappa shape index (κ2) is 6.28. The van der Waals surface area contributed by atoms with Gasteiger partial charge in [0.1, 0.15) is 6.07 Å². The summed E-state index contributed by atoms with van der Waals surface area (Å²) in [5, 5.41) is 9.06. The van der Waals surface area contributed by atoms with Crippen LogP contribution in [0.1, 0.15) is 24.0 Å². The standard InChI is InChI=1S/C16H14ClN3O2S/c17-16-8-15(6-3-13(16)9-18)23(21,22)20(14-4-5-14)11-12-2-1-7-19-10-12/h1-3,6-8,10,14H,4-5,11H2. The van der Waals surface area contributed by atoms with E-state index in [-0.39, 0.29) is 28.1 Å². The minimum atomic E-state index is -3.67. The Kier molecular flexibility index (Phi) is 4.35. The summed E-state index contributed by atoms with van der Waals surface area (Å²) in [6.07, 6.45) is 5.02. The van der Waals surface area contributed by atoms with E-state index in [1.165, 1.54) is 22.5 Å². The highest BCUT2D eigenvalue weighted by molar-refractivity contribution is 7.89. The average molecular weight is 348 g/mol. The normalized spacial score (nSPS) is 14.7. The van der Waals surface area contributed by atoms with E-state index >= 15 is 0 Å². The fourth-order valence-electron chi connectivity index (χ4n) is 2.33. The first kappa shape index (κ1) is 15.9. The van der Waals surface area contributed by atoms with Crippen LogP contribution in [-0.2, 0) is 16.6 Å². The molecule has 0 unspecified atom stereocenters. The Bertz CT molecular complexity index is 859. The molecule has 0 bridgehead atoms. The van der Waals surface area contributed by atoms with E-state index in [2.05, 4.69) is 4.98 Å². The fraction of sp³-hybridized carbons (Fsp3) is 0.250. The molecule has 3 rings (SSSR count). The number of hydrogen-bond acceptors (Lipinski definition) is 4. The van der Waals surface area contributed by atoms with Crippen molar-refractivity contribution in [1.29, 1.82) is 5.26 Å². The van der Waals surface area contributed by atoms with E-state index in [0.29, 0.717) is 0 Å². The molecule has 1 aliphatic carbocycles. The smallest absolute Gasteiger partial charge is 0.243 e. The molecule has 1 fully saturated rings. The summed E-state index contributed by atoms with van der Waals surface area (Å²) in [5.74, 6) is 0. The summed E-state index contributed by atoms with van der Waals surface area (Å²) in [6.45, 7) is 0.276. The molecule has 0 amide bonds. The van der Waals surface area contributed by atoms with Gasteiger partial charge in [-0.2, -0.15) is 9.57 Å². The number of benzene rings is 1. The summed E-state index contributed by atoms with van der Waals surface area (Å²) >= 11 is 5.98. The molecule has 1 aliphatic rings. The maximum atomic E-state index is 12.9. The number of nitrogens with zero attached hydrogens (tertiary/aromatic N) is 3. The quantitative estimate of drug-likeness (QED) is 0.833. The number of aromatic nitrogens is 1. The topological polar surface area (TPSA) is 74.1 Å². The highest BCUT2D eigenvalue weighted by Crippen LogP contribution is 2.34. The Morgan fingerprint density at radius 3 is 2.70 bits per heavy atom. The zero-order valence-corrected chi connectivity index (χ0v) is 13.8. The van der Waals surface area contributed by atoms with Gasteiger partial charge in [0, 0.05) is 25.0 Å². The lowest BCUT2D eigenvalue weighted by Crippen LogP contribution is -2.32. The Labute approximate surface area is 140 Å². The van der Waals surface area contributed by atoms with Crippen LogP contribution in [0.4, 0.5) is 0 Å². The van der Waals surface area contributed by atoms with Gasteiger partial charge < -0.3 is 0 Å². The van der Waals surface area contributed by atoms with Gasteiger partial charge in [-0.3, -0.25) is 4.98 Å². The molecule has 0 spiro atoms. The van der Waals surface area contributed by atoms with Crippen molar-refractivity contribution in [3.63, 3.8) is 0 Å². The summed E-state index contributed by atoms with van der Waals surface area (Å²) in [4.78, 5) is 4.14. The molecule has 1 saturated carbocycles. The number of nitriles is 1. The van der Waals surface area contributed by atoms with Crippen LogP contribution in [0.5, 0.6) is 0 Å². The lowest BCUT2D eigenvalue weighted by molar-refractivity contribution is 0.398. The van der Waals surface area contributed by atoms with E-state index in [1.54, 1.807) is 18.5 Å². The van der Waals surface area contributed by atoms with Crippen LogP contribution >= 0.6 is 11.6 Å². The van der Waals surface area contributed by atoms with Crippen LogP contribution in [0, 0.1) is 11.3 Å². The summed E-state index contributed by atoms with van der Waals surface area (Å²) in [6, 6.07) is 9.78. The van der Waals surface area contributed by atoms with Gasteiger partial charge in [0.25, 0.3) is 0 Å².